The van der Waals surface area contributed by atoms with Crippen molar-refractivity contribution in [3.8, 4) is 0 Å². The van der Waals surface area contributed by atoms with Gasteiger partial charge in [0, 0.05) is 31.9 Å². The van der Waals surface area contributed by atoms with Crippen molar-refractivity contribution >= 4 is 0 Å². The van der Waals surface area contributed by atoms with Gasteiger partial charge < -0.3 is 10.4 Å². The van der Waals surface area contributed by atoms with Gasteiger partial charge in [-0.2, -0.15) is 0 Å². The Morgan fingerprint density at radius 3 is 3.00 bits per heavy atom. The first-order valence-corrected chi connectivity index (χ1v) is 7.83. The van der Waals surface area contributed by atoms with E-state index in [4.69, 9.17) is 0 Å². The molecular formula is C16H27N3O. The molecular weight excluding hydrogens is 250 g/mol. The molecule has 1 aromatic heterocycles. The number of hydrogen-bond acceptors (Lipinski definition) is 4. The zero-order valence-corrected chi connectivity index (χ0v) is 12.5. The van der Waals surface area contributed by atoms with Crippen LogP contribution in [-0.2, 0) is 13.0 Å². The summed E-state index contributed by atoms with van der Waals surface area (Å²) in [6.07, 6.45) is 6.65. The van der Waals surface area contributed by atoms with Crippen LogP contribution in [-0.4, -0.2) is 47.3 Å². The molecule has 0 aromatic carbocycles. The van der Waals surface area contributed by atoms with Crippen LogP contribution in [0.25, 0.3) is 0 Å². The Hall–Kier alpha value is -0.970. The van der Waals surface area contributed by atoms with Gasteiger partial charge in [-0.1, -0.05) is 19.4 Å². The summed E-state index contributed by atoms with van der Waals surface area (Å²) in [5.41, 5.74) is 2.38. The van der Waals surface area contributed by atoms with Crippen LogP contribution < -0.4 is 5.32 Å². The molecule has 2 rings (SSSR count). The third-order valence-electron chi connectivity index (χ3n) is 4.14. The van der Waals surface area contributed by atoms with Gasteiger partial charge in [0.2, 0.25) is 0 Å². The van der Waals surface area contributed by atoms with Gasteiger partial charge in [-0.3, -0.25) is 9.88 Å². The van der Waals surface area contributed by atoms with Crippen molar-refractivity contribution in [1.29, 1.82) is 0 Å². The fraction of sp³-hybridized carbons (Fsp3) is 0.688. The number of hydrogen-bond donors (Lipinski definition) is 2. The van der Waals surface area contributed by atoms with Crippen molar-refractivity contribution in [2.75, 3.05) is 26.2 Å². The molecule has 0 bridgehead atoms. The minimum atomic E-state index is 0.292. The van der Waals surface area contributed by atoms with Gasteiger partial charge >= 0.3 is 0 Å². The lowest BCUT2D eigenvalue weighted by Gasteiger charge is -2.34. The van der Waals surface area contributed by atoms with Crippen LogP contribution in [0.2, 0.25) is 0 Å². The lowest BCUT2D eigenvalue weighted by molar-refractivity contribution is 0.0910. The average molecular weight is 277 g/mol. The predicted molar refractivity (Wildman–Crippen MR) is 81.6 cm³/mol. The number of nitrogens with one attached hydrogen (secondary N) is 1. The Bertz CT molecular complexity index is 380. The highest BCUT2D eigenvalue weighted by Crippen LogP contribution is 2.15. The predicted octanol–water partition coefficient (Wildman–Crippen LogP) is 1.58. The molecule has 0 aliphatic carbocycles. The first-order chi connectivity index (χ1) is 9.83. The van der Waals surface area contributed by atoms with Gasteiger partial charge in [-0.05, 0) is 37.4 Å². The second-order valence-electron chi connectivity index (χ2n) is 5.56. The van der Waals surface area contributed by atoms with Crippen molar-refractivity contribution in [2.24, 2.45) is 0 Å². The summed E-state index contributed by atoms with van der Waals surface area (Å²) in [6.45, 7) is 6.34. The molecule has 1 atom stereocenters. The van der Waals surface area contributed by atoms with E-state index < -0.39 is 0 Å². The highest BCUT2D eigenvalue weighted by molar-refractivity contribution is 5.13. The zero-order valence-electron chi connectivity index (χ0n) is 12.5. The third kappa shape index (κ3) is 4.54. The molecule has 1 aliphatic rings. The number of rotatable bonds is 7. The number of piperidine rings is 1. The molecule has 1 aliphatic heterocycles. The molecule has 4 nitrogen and oxygen atoms in total. The van der Waals surface area contributed by atoms with Crippen molar-refractivity contribution in [2.45, 2.75) is 45.2 Å². The molecule has 0 amide bonds. The van der Waals surface area contributed by atoms with Crippen LogP contribution in [0.3, 0.4) is 0 Å². The highest BCUT2D eigenvalue weighted by atomic mass is 16.3. The number of aliphatic hydroxyl groups is 1. The minimum absolute atomic E-state index is 0.292. The smallest absolute Gasteiger partial charge is 0.0586 e. The molecule has 20 heavy (non-hydrogen) atoms. The van der Waals surface area contributed by atoms with E-state index in [0.717, 1.165) is 44.7 Å². The molecule has 2 heterocycles. The lowest BCUT2D eigenvalue weighted by atomic mass is 10.0. The number of aromatic nitrogens is 1. The summed E-state index contributed by atoms with van der Waals surface area (Å²) in [7, 11) is 0. The molecule has 0 radical (unpaired) electrons. The second-order valence-corrected chi connectivity index (χ2v) is 5.56. The summed E-state index contributed by atoms with van der Waals surface area (Å²) in [5, 5.41) is 12.8. The monoisotopic (exact) mass is 277 g/mol. The highest BCUT2D eigenvalue weighted by Gasteiger charge is 2.20. The SMILES string of the molecule is CCc1ccc(CNCCN2CCCCC2CO)nc1. The average Bonchev–Trinajstić information content (AvgIpc) is 2.52. The van der Waals surface area contributed by atoms with Crippen LogP contribution in [0.15, 0.2) is 18.3 Å². The number of nitrogens with zero attached hydrogens (tertiary/aromatic N) is 2. The molecule has 112 valence electrons. The quantitative estimate of drug-likeness (QED) is 0.743. The number of aryl methyl sites for hydroxylation is 1. The van der Waals surface area contributed by atoms with Crippen molar-refractivity contribution in [3.63, 3.8) is 0 Å². The van der Waals surface area contributed by atoms with Gasteiger partial charge in [0.15, 0.2) is 0 Å². The minimum Gasteiger partial charge on any atom is -0.395 e. The maximum absolute atomic E-state index is 9.37. The maximum Gasteiger partial charge on any atom is 0.0586 e. The normalized spacial score (nSPS) is 20.2. The van der Waals surface area contributed by atoms with E-state index in [0.29, 0.717) is 12.6 Å². The Labute approximate surface area is 122 Å². The van der Waals surface area contributed by atoms with E-state index in [1.54, 1.807) is 0 Å². The fourth-order valence-corrected chi connectivity index (χ4v) is 2.77. The molecule has 2 N–H and O–H groups in total. The van der Waals surface area contributed by atoms with Crippen LogP contribution in [0.4, 0.5) is 0 Å². The van der Waals surface area contributed by atoms with Crippen molar-refractivity contribution in [1.82, 2.24) is 15.2 Å². The Morgan fingerprint density at radius 1 is 1.40 bits per heavy atom. The molecule has 1 saturated heterocycles. The van der Waals surface area contributed by atoms with Crippen LogP contribution in [0, 0.1) is 0 Å². The van der Waals surface area contributed by atoms with E-state index in [-0.39, 0.29) is 0 Å². The largest absolute Gasteiger partial charge is 0.395 e. The summed E-state index contributed by atoms with van der Waals surface area (Å²) in [4.78, 5) is 6.86. The van der Waals surface area contributed by atoms with Gasteiger partial charge in [-0.25, -0.2) is 0 Å². The zero-order chi connectivity index (χ0) is 14.2. The Kier molecular flexibility index (Phi) is 6.43. The molecule has 0 saturated carbocycles. The first-order valence-electron chi connectivity index (χ1n) is 7.83. The molecule has 1 fully saturated rings. The lowest BCUT2D eigenvalue weighted by Crippen LogP contribution is -2.44. The number of likely N-dealkylation sites (tertiary alicyclic amines) is 1. The summed E-state index contributed by atoms with van der Waals surface area (Å²) < 4.78 is 0. The molecule has 1 aromatic rings. The van der Waals surface area contributed by atoms with E-state index in [9.17, 15) is 5.11 Å². The van der Waals surface area contributed by atoms with Crippen molar-refractivity contribution < 1.29 is 5.11 Å². The van der Waals surface area contributed by atoms with E-state index >= 15 is 0 Å². The van der Waals surface area contributed by atoms with Crippen LogP contribution in [0.1, 0.15) is 37.4 Å². The van der Waals surface area contributed by atoms with Gasteiger partial charge in [0.25, 0.3) is 0 Å². The fourth-order valence-electron chi connectivity index (χ4n) is 2.77. The topological polar surface area (TPSA) is 48.4 Å². The third-order valence-corrected chi connectivity index (χ3v) is 4.14. The van der Waals surface area contributed by atoms with E-state index in [2.05, 4.69) is 34.3 Å². The van der Waals surface area contributed by atoms with Gasteiger partial charge in [0.1, 0.15) is 0 Å². The van der Waals surface area contributed by atoms with Gasteiger partial charge in [-0.15, -0.1) is 0 Å². The summed E-state index contributed by atoms with van der Waals surface area (Å²) in [6, 6.07) is 4.62. The Morgan fingerprint density at radius 2 is 2.30 bits per heavy atom. The van der Waals surface area contributed by atoms with Crippen LogP contribution >= 0.6 is 0 Å². The van der Waals surface area contributed by atoms with E-state index in [1.165, 1.54) is 18.4 Å². The summed E-state index contributed by atoms with van der Waals surface area (Å²) >= 11 is 0. The van der Waals surface area contributed by atoms with Crippen LogP contribution in [0.5, 0.6) is 0 Å². The standard InChI is InChI=1S/C16H27N3O/c1-2-14-6-7-15(18-11-14)12-17-8-10-19-9-4-3-5-16(19)13-20/h6-7,11,16-17,20H,2-5,8-10,12-13H2,1H3. The summed E-state index contributed by atoms with van der Waals surface area (Å²) in [5.74, 6) is 0. The van der Waals surface area contributed by atoms with Gasteiger partial charge in [0.05, 0.1) is 12.3 Å². The molecule has 0 spiro atoms. The maximum atomic E-state index is 9.37. The Balaban J connectivity index is 1.67. The second kappa shape index (κ2) is 8.35. The van der Waals surface area contributed by atoms with E-state index in [1.807, 2.05) is 6.20 Å². The first kappa shape index (κ1) is 15.4. The van der Waals surface area contributed by atoms with Crippen molar-refractivity contribution in [3.05, 3.63) is 29.6 Å². The number of aliphatic hydroxyl groups excluding tert-OH is 1. The molecule has 4 heteroatoms. The molecule has 1 unspecified atom stereocenters. The number of pyridine rings is 1.